The molecule has 4 aromatic carbocycles. The van der Waals surface area contributed by atoms with Gasteiger partial charge in [-0.05, 0) is 60.7 Å². The highest BCUT2D eigenvalue weighted by molar-refractivity contribution is 5.91. The number of carboxylic acid groups (broad SMARTS) is 2. The van der Waals surface area contributed by atoms with E-state index in [1.165, 1.54) is 36.4 Å². The van der Waals surface area contributed by atoms with Gasteiger partial charge in [0.2, 0.25) is 0 Å². The summed E-state index contributed by atoms with van der Waals surface area (Å²) in [6.45, 7) is 0. The number of phenolic OH excluding ortho intramolecular Hbond substituents is 2. The zero-order valence-corrected chi connectivity index (χ0v) is 23.7. The molecule has 0 fully saturated rings. The Kier molecular flexibility index (Phi) is 10.3. The number of benzene rings is 4. The van der Waals surface area contributed by atoms with E-state index in [0.29, 0.717) is 11.4 Å². The van der Waals surface area contributed by atoms with Crippen LogP contribution in [0.3, 0.4) is 0 Å². The molecule has 222 valence electrons. The molecule has 0 radical (unpaired) electrons. The summed E-state index contributed by atoms with van der Waals surface area (Å²) in [6, 6.07) is 20.4. The average molecular weight is 587 g/mol. The predicted octanol–water partition coefficient (Wildman–Crippen LogP) is 6.85. The Morgan fingerprint density at radius 2 is 1.00 bits per heavy atom. The topological polar surface area (TPSA) is 191 Å². The van der Waals surface area contributed by atoms with Gasteiger partial charge in [0, 0.05) is 57.8 Å². The number of aromatic carboxylic acids is 2. The smallest absolute Gasteiger partial charge is 0.339 e. The van der Waals surface area contributed by atoms with Crippen LogP contribution in [0.2, 0.25) is 0 Å². The Balaban J connectivity index is 0.000000238. The van der Waals surface area contributed by atoms with Crippen molar-refractivity contribution in [3.63, 3.8) is 0 Å². The number of nitrogens with zero attached hydrogens (tertiary/aromatic N) is 6. The first-order valence-corrected chi connectivity index (χ1v) is 12.6. The highest BCUT2D eigenvalue weighted by atomic mass is 16.4. The summed E-state index contributed by atoms with van der Waals surface area (Å²) >= 11 is 0. The van der Waals surface area contributed by atoms with E-state index in [1.54, 1.807) is 31.1 Å². The Bertz CT molecular complexity index is 1630. The summed E-state index contributed by atoms with van der Waals surface area (Å²) < 4.78 is 0. The lowest BCUT2D eigenvalue weighted by atomic mass is 10.2. The molecular weight excluding hydrogens is 556 g/mol. The minimum atomic E-state index is -1.26. The molecule has 0 saturated heterocycles. The van der Waals surface area contributed by atoms with Gasteiger partial charge < -0.3 is 35.3 Å². The molecule has 0 atom stereocenters. The number of hydrogen-bond acceptors (Lipinski definition) is 11. The summed E-state index contributed by atoms with van der Waals surface area (Å²) in [5, 5.41) is 62.7. The number of azo groups is 2. The van der Waals surface area contributed by atoms with Crippen molar-refractivity contribution in [3.05, 3.63) is 90.0 Å². The van der Waals surface area contributed by atoms with Gasteiger partial charge in [0.15, 0.2) is 5.69 Å². The lowest BCUT2D eigenvalue weighted by molar-refractivity contribution is 0.0684. The summed E-state index contributed by atoms with van der Waals surface area (Å²) in [5.41, 5.74) is 3.06. The van der Waals surface area contributed by atoms with Gasteiger partial charge in [0.05, 0.1) is 22.6 Å². The van der Waals surface area contributed by atoms with E-state index in [-0.39, 0.29) is 34.0 Å². The van der Waals surface area contributed by atoms with Crippen LogP contribution in [-0.2, 0) is 0 Å². The second-order valence-electron chi connectivity index (χ2n) is 9.40. The number of anilines is 2. The molecule has 0 saturated carbocycles. The third kappa shape index (κ3) is 8.75. The fraction of sp³-hybridized carbons (Fsp3) is 0.133. The van der Waals surface area contributed by atoms with Crippen LogP contribution in [0.15, 0.2) is 99.3 Å². The van der Waals surface area contributed by atoms with E-state index in [1.807, 2.05) is 43.3 Å². The maximum Gasteiger partial charge on any atom is 0.339 e. The van der Waals surface area contributed by atoms with Gasteiger partial charge >= 0.3 is 11.9 Å². The molecule has 4 rings (SSSR count). The van der Waals surface area contributed by atoms with Crippen molar-refractivity contribution < 1.29 is 35.1 Å². The van der Waals surface area contributed by atoms with E-state index in [9.17, 15) is 24.9 Å². The summed E-state index contributed by atoms with van der Waals surface area (Å²) in [4.78, 5) is 25.2. The fourth-order valence-corrected chi connectivity index (χ4v) is 3.42. The molecule has 0 amide bonds. The molecule has 13 heteroatoms. The first kappa shape index (κ1) is 31.5. The Morgan fingerprint density at radius 3 is 1.44 bits per heavy atom. The Morgan fingerprint density at radius 1 is 0.535 bits per heavy atom. The molecule has 0 aliphatic heterocycles. The van der Waals surface area contributed by atoms with Crippen LogP contribution in [0.4, 0.5) is 34.1 Å². The maximum atomic E-state index is 10.8. The quantitative estimate of drug-likeness (QED) is 0.137. The molecule has 0 heterocycles. The second-order valence-corrected chi connectivity index (χ2v) is 9.40. The molecule has 0 unspecified atom stereocenters. The minimum Gasteiger partial charge on any atom is -0.507 e. The molecule has 0 aromatic heterocycles. The van der Waals surface area contributed by atoms with Crippen LogP contribution < -0.4 is 9.80 Å². The third-order valence-corrected chi connectivity index (χ3v) is 5.81. The highest BCUT2D eigenvalue weighted by Gasteiger charge is 2.12. The van der Waals surface area contributed by atoms with Gasteiger partial charge in [-0.1, -0.05) is 0 Å². The van der Waals surface area contributed by atoms with Gasteiger partial charge in [-0.2, -0.15) is 15.3 Å². The molecule has 43 heavy (non-hydrogen) atoms. The number of carbonyl (C=O) groups is 2. The van der Waals surface area contributed by atoms with Crippen LogP contribution >= 0.6 is 0 Å². The maximum absolute atomic E-state index is 10.8. The van der Waals surface area contributed by atoms with Crippen molar-refractivity contribution in [1.82, 2.24) is 0 Å². The zero-order chi connectivity index (χ0) is 31.7. The minimum absolute atomic E-state index is 0.127. The van der Waals surface area contributed by atoms with Crippen molar-refractivity contribution in [1.29, 1.82) is 0 Å². The van der Waals surface area contributed by atoms with Crippen LogP contribution in [0.5, 0.6) is 17.2 Å². The van der Waals surface area contributed by atoms with E-state index in [4.69, 9.17) is 10.2 Å². The van der Waals surface area contributed by atoms with Gasteiger partial charge in [0.25, 0.3) is 0 Å². The summed E-state index contributed by atoms with van der Waals surface area (Å²) in [6.07, 6.45) is 0. The molecular formula is C30H30N6O7. The Hall–Kier alpha value is -5.98. The predicted molar refractivity (Wildman–Crippen MR) is 162 cm³/mol. The SMILES string of the molecule is CN(C)c1cc(O)c(N=Nc2ccc(C(=O)O)c(O)c2)c(O)c1.CN(C)c1ccc(N=Nc2ccc(C(=O)O)cc2)cc1. The van der Waals surface area contributed by atoms with E-state index >= 15 is 0 Å². The number of aromatic hydroxyl groups is 3. The van der Waals surface area contributed by atoms with Gasteiger partial charge in [0.1, 0.15) is 22.8 Å². The standard InChI is InChI=1S/C15H15N3O5.C15H15N3O2/c1-18(2)9-6-12(20)14(13(21)7-9)17-16-8-3-4-10(15(22)23)11(19)5-8;1-18(2)14-9-7-13(8-10-14)17-16-12-5-3-11(4-6-12)15(19)20/h3-7,19-21H,1-2H3,(H,22,23);3-10H,1-2H3,(H,19,20). The van der Waals surface area contributed by atoms with E-state index in [0.717, 1.165) is 17.4 Å². The van der Waals surface area contributed by atoms with Crippen molar-refractivity contribution in [2.45, 2.75) is 0 Å². The fourth-order valence-electron chi connectivity index (χ4n) is 3.42. The van der Waals surface area contributed by atoms with E-state index in [2.05, 4.69) is 20.5 Å². The normalized spacial score (nSPS) is 10.8. The molecule has 4 aromatic rings. The molecule has 0 aliphatic carbocycles. The van der Waals surface area contributed by atoms with Gasteiger partial charge in [-0.3, -0.25) is 0 Å². The molecule has 5 N–H and O–H groups in total. The van der Waals surface area contributed by atoms with Crippen molar-refractivity contribution >= 4 is 46.1 Å². The lowest BCUT2D eigenvalue weighted by Gasteiger charge is -2.13. The van der Waals surface area contributed by atoms with Gasteiger partial charge in [-0.25, -0.2) is 9.59 Å². The van der Waals surface area contributed by atoms with Crippen LogP contribution in [-0.4, -0.2) is 65.7 Å². The third-order valence-electron chi connectivity index (χ3n) is 5.81. The molecule has 0 spiro atoms. The number of hydrogen-bond donors (Lipinski definition) is 5. The number of carboxylic acids is 2. The molecule has 13 nitrogen and oxygen atoms in total. The lowest BCUT2D eigenvalue weighted by Crippen LogP contribution is -2.07. The monoisotopic (exact) mass is 586 g/mol. The van der Waals surface area contributed by atoms with Crippen molar-refractivity contribution in [3.8, 4) is 17.2 Å². The Labute approximate surface area is 247 Å². The first-order chi connectivity index (χ1) is 20.3. The summed E-state index contributed by atoms with van der Waals surface area (Å²) in [5.74, 6) is -3.19. The highest BCUT2D eigenvalue weighted by Crippen LogP contribution is 2.40. The zero-order valence-electron chi connectivity index (χ0n) is 23.7. The number of phenols is 3. The number of rotatable bonds is 8. The first-order valence-electron chi connectivity index (χ1n) is 12.6. The van der Waals surface area contributed by atoms with Crippen LogP contribution in [0.25, 0.3) is 0 Å². The van der Waals surface area contributed by atoms with Crippen LogP contribution in [0, 0.1) is 0 Å². The average Bonchev–Trinajstić information content (AvgIpc) is 2.96. The molecule has 0 aliphatic rings. The van der Waals surface area contributed by atoms with Gasteiger partial charge in [-0.15, -0.1) is 5.11 Å². The summed E-state index contributed by atoms with van der Waals surface area (Å²) in [7, 11) is 7.45. The van der Waals surface area contributed by atoms with Crippen molar-refractivity contribution in [2.75, 3.05) is 38.0 Å². The van der Waals surface area contributed by atoms with Crippen LogP contribution in [0.1, 0.15) is 20.7 Å². The van der Waals surface area contributed by atoms with Crippen molar-refractivity contribution in [2.24, 2.45) is 20.5 Å². The van der Waals surface area contributed by atoms with E-state index < -0.39 is 17.7 Å². The second kappa shape index (κ2) is 14.1. The largest absolute Gasteiger partial charge is 0.507 e. The molecule has 0 bridgehead atoms.